The second-order valence-electron chi connectivity index (χ2n) is 3.14. The van der Waals surface area contributed by atoms with Crippen molar-refractivity contribution in [3.05, 3.63) is 0 Å². The zero-order valence-electron chi connectivity index (χ0n) is 7.29. The number of amides is 1. The van der Waals surface area contributed by atoms with Crippen LogP contribution in [0.4, 0.5) is 18.0 Å². The van der Waals surface area contributed by atoms with Gasteiger partial charge in [0, 0.05) is 19.1 Å². The molecule has 1 saturated heterocycles. The molecule has 1 aliphatic heterocycles. The van der Waals surface area contributed by atoms with Crippen LogP contribution in [0.1, 0.15) is 6.42 Å². The third-order valence-electron chi connectivity index (χ3n) is 2.10. The molecule has 7 heteroatoms. The standard InChI is InChI=1S/C7H11F3N2O2/c8-5(9)6(10)12-2-1-4(3-12)11-7(13)14/h4-6,11H,1-3H2,(H,13,14). The van der Waals surface area contributed by atoms with Gasteiger partial charge in [0.2, 0.25) is 6.30 Å². The zero-order valence-corrected chi connectivity index (χ0v) is 7.29. The molecule has 14 heavy (non-hydrogen) atoms. The minimum absolute atomic E-state index is 0.00218. The van der Waals surface area contributed by atoms with Crippen LogP contribution in [0.3, 0.4) is 0 Å². The smallest absolute Gasteiger partial charge is 0.404 e. The third kappa shape index (κ3) is 2.76. The lowest BCUT2D eigenvalue weighted by Crippen LogP contribution is -2.40. The number of hydrogen-bond acceptors (Lipinski definition) is 2. The topological polar surface area (TPSA) is 52.6 Å². The maximum Gasteiger partial charge on any atom is 0.404 e. The molecule has 0 aromatic carbocycles. The molecule has 0 aromatic heterocycles. The van der Waals surface area contributed by atoms with Gasteiger partial charge in [-0.05, 0) is 6.42 Å². The monoisotopic (exact) mass is 212 g/mol. The van der Waals surface area contributed by atoms with Gasteiger partial charge in [-0.2, -0.15) is 0 Å². The minimum atomic E-state index is -3.04. The molecule has 1 aliphatic rings. The van der Waals surface area contributed by atoms with Gasteiger partial charge in [0.05, 0.1) is 0 Å². The molecule has 1 amide bonds. The van der Waals surface area contributed by atoms with Gasteiger partial charge in [-0.3, -0.25) is 4.90 Å². The Bertz CT molecular complexity index is 215. The molecular formula is C7H11F3N2O2. The predicted octanol–water partition coefficient (Wildman–Crippen LogP) is 0.889. The quantitative estimate of drug-likeness (QED) is 0.683. The highest BCUT2D eigenvalue weighted by Crippen LogP contribution is 2.18. The Kier molecular flexibility index (Phi) is 3.56. The molecule has 0 saturated carbocycles. The summed E-state index contributed by atoms with van der Waals surface area (Å²) in [6.45, 7) is 0.147. The molecule has 0 bridgehead atoms. The maximum atomic E-state index is 12.7. The van der Waals surface area contributed by atoms with Gasteiger partial charge in [-0.15, -0.1) is 0 Å². The average molecular weight is 212 g/mol. The first-order valence-corrected chi connectivity index (χ1v) is 4.16. The molecule has 1 fully saturated rings. The lowest BCUT2D eigenvalue weighted by atomic mass is 10.3. The van der Waals surface area contributed by atoms with Crippen molar-refractivity contribution in [3.63, 3.8) is 0 Å². The van der Waals surface area contributed by atoms with Crippen molar-refractivity contribution in [2.75, 3.05) is 13.1 Å². The van der Waals surface area contributed by atoms with E-state index in [0.717, 1.165) is 4.90 Å². The van der Waals surface area contributed by atoms with Crippen LogP contribution in [0.15, 0.2) is 0 Å². The highest BCUT2D eigenvalue weighted by atomic mass is 19.3. The molecule has 2 atom stereocenters. The number of likely N-dealkylation sites (tertiary alicyclic amines) is 1. The Hall–Kier alpha value is -0.980. The van der Waals surface area contributed by atoms with Crippen molar-refractivity contribution in [2.24, 2.45) is 0 Å². The number of carboxylic acid groups (broad SMARTS) is 1. The summed E-state index contributed by atoms with van der Waals surface area (Å²) in [6.07, 6.45) is -6.20. The number of halogens is 3. The Morgan fingerprint density at radius 2 is 2.14 bits per heavy atom. The van der Waals surface area contributed by atoms with Gasteiger partial charge in [0.25, 0.3) is 6.43 Å². The van der Waals surface area contributed by atoms with E-state index >= 15 is 0 Å². The number of rotatable bonds is 3. The molecule has 0 aromatic rings. The lowest BCUT2D eigenvalue weighted by Gasteiger charge is -2.19. The molecule has 0 radical (unpaired) electrons. The fourth-order valence-electron chi connectivity index (χ4n) is 1.46. The van der Waals surface area contributed by atoms with Gasteiger partial charge in [-0.1, -0.05) is 0 Å². The summed E-state index contributed by atoms with van der Waals surface area (Å²) in [5.41, 5.74) is 0. The first-order chi connectivity index (χ1) is 6.50. The van der Waals surface area contributed by atoms with Crippen molar-refractivity contribution < 1.29 is 23.1 Å². The van der Waals surface area contributed by atoms with E-state index in [0.29, 0.717) is 6.42 Å². The summed E-state index contributed by atoms with van der Waals surface area (Å²) < 4.78 is 36.6. The summed E-state index contributed by atoms with van der Waals surface area (Å²) >= 11 is 0. The van der Waals surface area contributed by atoms with Gasteiger partial charge >= 0.3 is 6.09 Å². The minimum Gasteiger partial charge on any atom is -0.465 e. The normalized spacial score (nSPS) is 25.3. The summed E-state index contributed by atoms with van der Waals surface area (Å²) in [5.74, 6) is 0. The Balaban J connectivity index is 2.37. The van der Waals surface area contributed by atoms with Crippen molar-refractivity contribution >= 4 is 6.09 Å². The molecule has 2 N–H and O–H groups in total. The van der Waals surface area contributed by atoms with E-state index in [1.807, 2.05) is 0 Å². The third-order valence-corrected chi connectivity index (χ3v) is 2.10. The number of nitrogens with one attached hydrogen (secondary N) is 1. The van der Waals surface area contributed by atoms with Crippen LogP contribution in [-0.4, -0.2) is 48.0 Å². The number of hydrogen-bond donors (Lipinski definition) is 2. The second kappa shape index (κ2) is 4.50. The van der Waals surface area contributed by atoms with Crippen molar-refractivity contribution in [1.29, 1.82) is 0 Å². The highest BCUT2D eigenvalue weighted by Gasteiger charge is 2.33. The number of carbonyl (C=O) groups is 1. The van der Waals surface area contributed by atoms with Crippen molar-refractivity contribution in [3.8, 4) is 0 Å². The van der Waals surface area contributed by atoms with Crippen LogP contribution < -0.4 is 5.32 Å². The second-order valence-corrected chi connectivity index (χ2v) is 3.14. The average Bonchev–Trinajstić information content (AvgIpc) is 2.50. The molecular weight excluding hydrogens is 201 g/mol. The van der Waals surface area contributed by atoms with E-state index in [-0.39, 0.29) is 13.1 Å². The summed E-state index contributed by atoms with van der Waals surface area (Å²) in [7, 11) is 0. The van der Waals surface area contributed by atoms with Gasteiger partial charge in [0.1, 0.15) is 0 Å². The molecule has 1 rings (SSSR count). The van der Waals surface area contributed by atoms with E-state index < -0.39 is 24.9 Å². The number of nitrogens with zero attached hydrogens (tertiary/aromatic N) is 1. The molecule has 0 aliphatic carbocycles. The zero-order chi connectivity index (χ0) is 10.7. The SMILES string of the molecule is O=C(O)NC1CCN(C(F)C(F)F)C1. The Labute approximate surface area is 78.7 Å². The molecule has 1 heterocycles. The summed E-state index contributed by atoms with van der Waals surface area (Å²) in [5, 5.41) is 10.5. The van der Waals surface area contributed by atoms with E-state index in [2.05, 4.69) is 5.32 Å². The first-order valence-electron chi connectivity index (χ1n) is 4.16. The van der Waals surface area contributed by atoms with Crippen LogP contribution in [0.5, 0.6) is 0 Å². The summed E-state index contributed by atoms with van der Waals surface area (Å²) in [4.78, 5) is 11.1. The molecule has 0 spiro atoms. The van der Waals surface area contributed by atoms with E-state index in [4.69, 9.17) is 5.11 Å². The fraction of sp³-hybridized carbons (Fsp3) is 0.857. The van der Waals surface area contributed by atoms with Crippen LogP contribution in [0.2, 0.25) is 0 Å². The van der Waals surface area contributed by atoms with E-state index in [1.165, 1.54) is 0 Å². The largest absolute Gasteiger partial charge is 0.465 e. The molecule has 82 valence electrons. The molecule has 2 unspecified atom stereocenters. The van der Waals surface area contributed by atoms with E-state index in [9.17, 15) is 18.0 Å². The van der Waals surface area contributed by atoms with Gasteiger partial charge < -0.3 is 10.4 Å². The fourth-order valence-corrected chi connectivity index (χ4v) is 1.46. The van der Waals surface area contributed by atoms with E-state index in [1.54, 1.807) is 0 Å². The molecule has 4 nitrogen and oxygen atoms in total. The van der Waals surface area contributed by atoms with Crippen LogP contribution in [0, 0.1) is 0 Å². The number of alkyl halides is 3. The maximum absolute atomic E-state index is 12.7. The van der Waals surface area contributed by atoms with Crippen molar-refractivity contribution in [2.45, 2.75) is 25.2 Å². The van der Waals surface area contributed by atoms with Crippen LogP contribution in [0.25, 0.3) is 0 Å². The van der Waals surface area contributed by atoms with Gasteiger partial charge in [-0.25, -0.2) is 18.0 Å². The van der Waals surface area contributed by atoms with Crippen molar-refractivity contribution in [1.82, 2.24) is 10.2 Å². The highest BCUT2D eigenvalue weighted by molar-refractivity contribution is 5.64. The van der Waals surface area contributed by atoms with Crippen LogP contribution >= 0.6 is 0 Å². The van der Waals surface area contributed by atoms with Gasteiger partial charge in [0.15, 0.2) is 0 Å². The Morgan fingerprint density at radius 1 is 1.50 bits per heavy atom. The first kappa shape index (κ1) is 11.1. The lowest BCUT2D eigenvalue weighted by molar-refractivity contribution is -0.0390. The predicted molar refractivity (Wildman–Crippen MR) is 42.0 cm³/mol. The van der Waals surface area contributed by atoms with Crippen LogP contribution in [-0.2, 0) is 0 Å². The summed E-state index contributed by atoms with van der Waals surface area (Å²) in [6, 6.07) is -0.454. The Morgan fingerprint density at radius 3 is 2.64 bits per heavy atom.